The molecule has 3 aromatic rings. The lowest BCUT2D eigenvalue weighted by Crippen LogP contribution is -2.15. The van der Waals surface area contributed by atoms with Gasteiger partial charge in [0.25, 0.3) is 0 Å². The Morgan fingerprint density at radius 2 is 1.78 bits per heavy atom. The molecule has 3 rings (SSSR count). The van der Waals surface area contributed by atoms with Crippen molar-refractivity contribution >= 4 is 33.2 Å². The molecule has 140 valence electrons. The second-order valence-electron chi connectivity index (χ2n) is 5.84. The van der Waals surface area contributed by atoms with E-state index in [0.29, 0.717) is 10.4 Å². The Kier molecular flexibility index (Phi) is 5.81. The summed E-state index contributed by atoms with van der Waals surface area (Å²) >= 11 is 1.38. The van der Waals surface area contributed by atoms with Crippen molar-refractivity contribution in [3.63, 3.8) is 0 Å². The highest BCUT2D eigenvalue weighted by atomic mass is 32.1. The first-order chi connectivity index (χ1) is 12.9. The lowest BCUT2D eigenvalue weighted by atomic mass is 10.1. The van der Waals surface area contributed by atoms with E-state index in [4.69, 9.17) is 4.74 Å². The largest absolute Gasteiger partial charge is 0.457 e. The van der Waals surface area contributed by atoms with Crippen LogP contribution in [0.2, 0.25) is 0 Å². The number of carbonyl (C=O) groups excluding carboxylic acids is 2. The molecule has 0 saturated carbocycles. The number of hydrogen-bond acceptors (Lipinski definition) is 5. The Labute approximate surface area is 158 Å². The molecule has 0 spiro atoms. The number of benzene rings is 2. The van der Waals surface area contributed by atoms with Crippen molar-refractivity contribution in [2.24, 2.45) is 0 Å². The van der Waals surface area contributed by atoms with Crippen molar-refractivity contribution < 1.29 is 27.8 Å². The Morgan fingerprint density at radius 1 is 1.07 bits per heavy atom. The van der Waals surface area contributed by atoms with Gasteiger partial charge in [-0.15, -0.1) is 11.3 Å². The highest BCUT2D eigenvalue weighted by Crippen LogP contribution is 2.30. The van der Waals surface area contributed by atoms with Crippen LogP contribution in [0.5, 0.6) is 5.75 Å². The van der Waals surface area contributed by atoms with Gasteiger partial charge in [0.1, 0.15) is 5.75 Å². The molecule has 27 heavy (non-hydrogen) atoms. The summed E-state index contributed by atoms with van der Waals surface area (Å²) in [6.45, 7) is -1.36. The maximum Gasteiger partial charge on any atom is 0.387 e. The third-order valence-corrected chi connectivity index (χ3v) is 5.27. The summed E-state index contributed by atoms with van der Waals surface area (Å²) in [4.78, 5) is 24.9. The standard InChI is InChI=1S/C20H16F2O4S/c1-12-15-4-2-3-5-17(15)27-19(12)16(23)11-25-18(24)10-13-6-8-14(9-7-13)26-20(21)22/h2-9,20H,10-11H2,1H3. The molecule has 0 fully saturated rings. The van der Waals surface area contributed by atoms with Gasteiger partial charge in [0.15, 0.2) is 6.61 Å². The zero-order valence-corrected chi connectivity index (χ0v) is 15.2. The number of aryl methyl sites for hydroxylation is 1. The Hall–Kier alpha value is -2.80. The molecule has 7 heteroatoms. The van der Waals surface area contributed by atoms with Crippen LogP contribution in [0, 0.1) is 6.92 Å². The zero-order valence-electron chi connectivity index (χ0n) is 14.4. The Bertz CT molecular complexity index is 964. The highest BCUT2D eigenvalue weighted by molar-refractivity contribution is 7.21. The van der Waals surface area contributed by atoms with Crippen molar-refractivity contribution in [1.82, 2.24) is 0 Å². The van der Waals surface area contributed by atoms with E-state index in [1.54, 1.807) is 0 Å². The molecule has 4 nitrogen and oxygen atoms in total. The van der Waals surface area contributed by atoms with Gasteiger partial charge in [0.05, 0.1) is 11.3 Å². The SMILES string of the molecule is Cc1c(C(=O)COC(=O)Cc2ccc(OC(F)F)cc2)sc2ccccc12. The summed E-state index contributed by atoms with van der Waals surface area (Å²) in [5.74, 6) is -0.801. The van der Waals surface area contributed by atoms with Gasteiger partial charge >= 0.3 is 12.6 Å². The minimum absolute atomic E-state index is 0.0116. The number of esters is 1. The maximum absolute atomic E-state index is 12.4. The molecule has 0 aliphatic carbocycles. The maximum atomic E-state index is 12.4. The van der Waals surface area contributed by atoms with Gasteiger partial charge in [-0.2, -0.15) is 8.78 Å². The van der Waals surface area contributed by atoms with Crippen molar-refractivity contribution in [2.75, 3.05) is 6.61 Å². The fourth-order valence-electron chi connectivity index (χ4n) is 2.66. The van der Waals surface area contributed by atoms with E-state index in [-0.39, 0.29) is 24.6 Å². The summed E-state index contributed by atoms with van der Waals surface area (Å²) in [5, 5.41) is 1.02. The van der Waals surface area contributed by atoms with Crippen LogP contribution in [0.3, 0.4) is 0 Å². The molecular weight excluding hydrogens is 374 g/mol. The normalized spacial score (nSPS) is 11.0. The summed E-state index contributed by atoms with van der Waals surface area (Å²) in [6, 6.07) is 13.4. The smallest absolute Gasteiger partial charge is 0.387 e. The predicted molar refractivity (Wildman–Crippen MR) is 98.6 cm³/mol. The van der Waals surface area contributed by atoms with Crippen LogP contribution >= 0.6 is 11.3 Å². The van der Waals surface area contributed by atoms with E-state index in [1.165, 1.54) is 35.6 Å². The quantitative estimate of drug-likeness (QED) is 0.430. The van der Waals surface area contributed by atoms with E-state index in [0.717, 1.165) is 15.6 Å². The van der Waals surface area contributed by atoms with Gasteiger partial charge in [-0.3, -0.25) is 9.59 Å². The second-order valence-corrected chi connectivity index (χ2v) is 6.89. The number of rotatable bonds is 7. The first kappa shape index (κ1) is 19.0. The molecule has 1 aromatic heterocycles. The molecule has 0 bridgehead atoms. The third kappa shape index (κ3) is 4.68. The van der Waals surface area contributed by atoms with Crippen LogP contribution in [0.25, 0.3) is 10.1 Å². The van der Waals surface area contributed by atoms with Gasteiger partial charge < -0.3 is 9.47 Å². The summed E-state index contributed by atoms with van der Waals surface area (Å²) in [7, 11) is 0. The highest BCUT2D eigenvalue weighted by Gasteiger charge is 2.17. The van der Waals surface area contributed by atoms with E-state index in [9.17, 15) is 18.4 Å². The van der Waals surface area contributed by atoms with Crippen molar-refractivity contribution in [2.45, 2.75) is 20.0 Å². The van der Waals surface area contributed by atoms with E-state index >= 15 is 0 Å². The van der Waals surface area contributed by atoms with Crippen LogP contribution in [0.4, 0.5) is 8.78 Å². The molecule has 0 radical (unpaired) electrons. The molecule has 0 N–H and O–H groups in total. The minimum atomic E-state index is -2.90. The first-order valence-corrected chi connectivity index (χ1v) is 8.96. The van der Waals surface area contributed by atoms with E-state index in [1.807, 2.05) is 31.2 Å². The van der Waals surface area contributed by atoms with Gasteiger partial charge in [-0.1, -0.05) is 30.3 Å². The summed E-state index contributed by atoms with van der Waals surface area (Å²) in [6.07, 6.45) is -0.0619. The van der Waals surface area contributed by atoms with Crippen LogP contribution in [-0.4, -0.2) is 25.0 Å². The Balaban J connectivity index is 1.56. The predicted octanol–water partition coefficient (Wildman–Crippen LogP) is 4.78. The molecule has 0 unspecified atom stereocenters. The number of thiophene rings is 1. The van der Waals surface area contributed by atoms with Crippen molar-refractivity contribution in [1.29, 1.82) is 0 Å². The lowest BCUT2D eigenvalue weighted by molar-refractivity contribution is -0.141. The average Bonchev–Trinajstić information content (AvgIpc) is 2.98. The number of ketones is 1. The van der Waals surface area contributed by atoms with Gasteiger partial charge in [-0.05, 0) is 41.6 Å². The van der Waals surface area contributed by atoms with E-state index < -0.39 is 12.6 Å². The fraction of sp³-hybridized carbons (Fsp3) is 0.200. The van der Waals surface area contributed by atoms with Gasteiger partial charge in [-0.25, -0.2) is 0 Å². The monoisotopic (exact) mass is 390 g/mol. The zero-order chi connectivity index (χ0) is 19.4. The minimum Gasteiger partial charge on any atom is -0.457 e. The number of fused-ring (bicyclic) bond motifs is 1. The number of halogens is 2. The van der Waals surface area contributed by atoms with Crippen LogP contribution in [-0.2, 0) is 16.0 Å². The number of alkyl halides is 2. The molecule has 0 saturated heterocycles. The number of ether oxygens (including phenoxy) is 2. The molecular formula is C20H16F2O4S. The molecule has 0 amide bonds. The Morgan fingerprint density at radius 3 is 2.44 bits per heavy atom. The molecule has 0 aliphatic rings. The van der Waals surface area contributed by atoms with Crippen LogP contribution in [0.15, 0.2) is 48.5 Å². The number of carbonyl (C=O) groups is 2. The molecule has 0 atom stereocenters. The first-order valence-electron chi connectivity index (χ1n) is 8.14. The van der Waals surface area contributed by atoms with Gasteiger partial charge in [0.2, 0.25) is 5.78 Å². The van der Waals surface area contributed by atoms with Crippen molar-refractivity contribution in [3.8, 4) is 5.75 Å². The summed E-state index contributed by atoms with van der Waals surface area (Å²) < 4.78 is 34.6. The van der Waals surface area contributed by atoms with Crippen LogP contribution < -0.4 is 4.74 Å². The second kappa shape index (κ2) is 8.26. The van der Waals surface area contributed by atoms with Crippen molar-refractivity contribution in [3.05, 3.63) is 64.5 Å². The molecule has 1 heterocycles. The number of hydrogen-bond donors (Lipinski definition) is 0. The van der Waals surface area contributed by atoms with Gasteiger partial charge in [0, 0.05) is 4.70 Å². The summed E-state index contributed by atoms with van der Waals surface area (Å²) in [5.41, 5.74) is 1.46. The van der Waals surface area contributed by atoms with E-state index in [2.05, 4.69) is 4.74 Å². The number of Topliss-reactive ketones (excluding diaryl/α,β-unsaturated/α-hetero) is 1. The fourth-order valence-corrected chi connectivity index (χ4v) is 3.79. The topological polar surface area (TPSA) is 52.6 Å². The third-order valence-electron chi connectivity index (χ3n) is 3.96. The average molecular weight is 390 g/mol. The lowest BCUT2D eigenvalue weighted by Gasteiger charge is -2.06. The molecule has 0 aliphatic heterocycles. The van der Waals surface area contributed by atoms with Crippen LogP contribution in [0.1, 0.15) is 20.8 Å². The molecule has 2 aromatic carbocycles.